The van der Waals surface area contributed by atoms with Gasteiger partial charge in [0.15, 0.2) is 0 Å². The molecule has 0 atom stereocenters. The topological polar surface area (TPSA) is 30.7 Å². The van der Waals surface area contributed by atoms with Crippen LogP contribution in [0.1, 0.15) is 0 Å². The predicted molar refractivity (Wildman–Crippen MR) is 66.6 cm³/mol. The number of hydrogen-bond donors (Lipinski definition) is 0. The van der Waals surface area contributed by atoms with E-state index in [4.69, 9.17) is 0 Å². The Kier molecular flexibility index (Phi) is 2.22. The second-order valence-electron chi connectivity index (χ2n) is 3.51. The van der Waals surface area contributed by atoms with Crippen molar-refractivity contribution >= 4 is 26.7 Å². The summed E-state index contributed by atoms with van der Waals surface area (Å²) >= 11 is 3.34. The van der Waals surface area contributed by atoms with Gasteiger partial charge in [0.1, 0.15) is 10.9 Å². The maximum absolute atomic E-state index is 4.14. The summed E-state index contributed by atoms with van der Waals surface area (Å²) in [4.78, 5) is 8.23. The number of aromatic nitrogens is 3. The molecule has 2 aromatic heterocycles. The van der Waals surface area contributed by atoms with Crippen LogP contribution in [0, 0.1) is 0 Å². The Morgan fingerprint density at radius 1 is 1.12 bits per heavy atom. The van der Waals surface area contributed by atoms with Crippen LogP contribution < -0.4 is 0 Å². The second-order valence-corrected chi connectivity index (χ2v) is 4.32. The van der Waals surface area contributed by atoms with Crippen molar-refractivity contribution in [3.05, 3.63) is 53.8 Å². The van der Waals surface area contributed by atoms with E-state index in [1.54, 1.807) is 12.5 Å². The van der Waals surface area contributed by atoms with E-state index in [0.29, 0.717) is 0 Å². The van der Waals surface area contributed by atoms with Gasteiger partial charge in [0.25, 0.3) is 0 Å². The minimum atomic E-state index is 0.835. The largest absolute Gasteiger partial charge is 0.305 e. The van der Waals surface area contributed by atoms with Crippen LogP contribution in [0.3, 0.4) is 0 Å². The normalized spacial score (nSPS) is 10.8. The van der Waals surface area contributed by atoms with E-state index in [-0.39, 0.29) is 0 Å². The zero-order chi connectivity index (χ0) is 11.0. The van der Waals surface area contributed by atoms with Crippen LogP contribution in [0.5, 0.6) is 0 Å². The van der Waals surface area contributed by atoms with E-state index < -0.39 is 0 Å². The summed E-state index contributed by atoms with van der Waals surface area (Å²) in [6.45, 7) is 0. The first kappa shape index (κ1) is 9.54. The molecule has 78 valence electrons. The van der Waals surface area contributed by atoms with Gasteiger partial charge in [0, 0.05) is 29.7 Å². The van der Waals surface area contributed by atoms with Crippen LogP contribution >= 0.6 is 15.9 Å². The van der Waals surface area contributed by atoms with Gasteiger partial charge < -0.3 is 4.57 Å². The van der Waals surface area contributed by atoms with Crippen molar-refractivity contribution in [3.8, 4) is 5.69 Å². The Morgan fingerprint density at radius 3 is 2.88 bits per heavy atom. The van der Waals surface area contributed by atoms with E-state index in [1.165, 1.54) is 5.39 Å². The molecule has 2 heterocycles. The SMILES string of the molecule is Brc1cn(-c2ccc3cnccc3c2)cn1. The number of rotatable bonds is 1. The molecule has 0 unspecified atom stereocenters. The Balaban J connectivity index is 2.18. The summed E-state index contributed by atoms with van der Waals surface area (Å²) in [6.07, 6.45) is 7.38. The van der Waals surface area contributed by atoms with Crippen molar-refractivity contribution in [1.29, 1.82) is 0 Å². The highest BCUT2D eigenvalue weighted by molar-refractivity contribution is 9.10. The average molecular weight is 274 g/mol. The van der Waals surface area contributed by atoms with Crippen molar-refractivity contribution < 1.29 is 0 Å². The molecule has 0 saturated carbocycles. The van der Waals surface area contributed by atoms with Gasteiger partial charge in [0.2, 0.25) is 0 Å². The molecule has 0 aliphatic carbocycles. The highest BCUT2D eigenvalue weighted by Crippen LogP contribution is 2.18. The fourth-order valence-electron chi connectivity index (χ4n) is 1.67. The molecule has 0 aliphatic rings. The van der Waals surface area contributed by atoms with Crippen LogP contribution in [-0.2, 0) is 0 Å². The third-order valence-electron chi connectivity index (χ3n) is 2.47. The number of benzene rings is 1. The molecule has 3 nitrogen and oxygen atoms in total. The van der Waals surface area contributed by atoms with Gasteiger partial charge in [0.05, 0.1) is 0 Å². The summed E-state index contributed by atoms with van der Waals surface area (Å²) in [5.41, 5.74) is 1.09. The Morgan fingerprint density at radius 2 is 2.06 bits per heavy atom. The summed E-state index contributed by atoms with van der Waals surface area (Å²) in [6, 6.07) is 8.24. The Bertz CT molecular complexity index is 645. The zero-order valence-electron chi connectivity index (χ0n) is 8.34. The van der Waals surface area contributed by atoms with E-state index in [9.17, 15) is 0 Å². The second kappa shape index (κ2) is 3.72. The van der Waals surface area contributed by atoms with E-state index >= 15 is 0 Å². The fourth-order valence-corrected chi connectivity index (χ4v) is 1.98. The quantitative estimate of drug-likeness (QED) is 0.682. The lowest BCUT2D eigenvalue weighted by molar-refractivity contribution is 1.06. The third-order valence-corrected chi connectivity index (χ3v) is 2.88. The number of nitrogens with zero attached hydrogens (tertiary/aromatic N) is 3. The van der Waals surface area contributed by atoms with Gasteiger partial charge in [-0.15, -0.1) is 0 Å². The molecule has 3 aromatic rings. The maximum atomic E-state index is 4.14. The van der Waals surface area contributed by atoms with E-state index in [1.807, 2.05) is 23.0 Å². The predicted octanol–water partition coefficient (Wildman–Crippen LogP) is 3.18. The molecule has 0 spiro atoms. The van der Waals surface area contributed by atoms with Gasteiger partial charge in [-0.05, 0) is 39.5 Å². The summed E-state index contributed by atoms with van der Waals surface area (Å²) < 4.78 is 2.81. The van der Waals surface area contributed by atoms with E-state index in [0.717, 1.165) is 15.7 Å². The molecule has 0 aliphatic heterocycles. The van der Waals surface area contributed by atoms with Gasteiger partial charge in [-0.2, -0.15) is 0 Å². The van der Waals surface area contributed by atoms with Crippen LogP contribution in [-0.4, -0.2) is 14.5 Å². The number of hydrogen-bond acceptors (Lipinski definition) is 2. The molecule has 0 amide bonds. The summed E-state index contributed by atoms with van der Waals surface area (Å²) in [7, 11) is 0. The van der Waals surface area contributed by atoms with Crippen LogP contribution in [0.15, 0.2) is 53.8 Å². The molecule has 3 rings (SSSR count). The van der Waals surface area contributed by atoms with Crippen LogP contribution in [0.25, 0.3) is 16.5 Å². The minimum absolute atomic E-state index is 0.835. The van der Waals surface area contributed by atoms with Crippen molar-refractivity contribution in [2.45, 2.75) is 0 Å². The van der Waals surface area contributed by atoms with Crippen molar-refractivity contribution in [1.82, 2.24) is 14.5 Å². The first-order valence-electron chi connectivity index (χ1n) is 4.86. The zero-order valence-corrected chi connectivity index (χ0v) is 9.92. The third kappa shape index (κ3) is 1.61. The standard InChI is InChI=1S/C12H8BrN3/c13-12-7-16(8-15-12)11-2-1-10-6-14-4-3-9(10)5-11/h1-8H. The number of fused-ring (bicyclic) bond motifs is 1. The maximum Gasteiger partial charge on any atom is 0.124 e. The lowest BCUT2D eigenvalue weighted by Crippen LogP contribution is -1.89. The minimum Gasteiger partial charge on any atom is -0.305 e. The summed E-state index contributed by atoms with van der Waals surface area (Å²) in [5.74, 6) is 0. The molecule has 0 saturated heterocycles. The molecular formula is C12H8BrN3. The highest BCUT2D eigenvalue weighted by Gasteiger charge is 1.99. The average Bonchev–Trinajstić information content (AvgIpc) is 2.75. The molecule has 16 heavy (non-hydrogen) atoms. The highest BCUT2D eigenvalue weighted by atomic mass is 79.9. The Labute approximate surface area is 101 Å². The van der Waals surface area contributed by atoms with Crippen molar-refractivity contribution in [2.75, 3.05) is 0 Å². The molecule has 0 radical (unpaired) electrons. The first-order valence-corrected chi connectivity index (χ1v) is 5.66. The Hall–Kier alpha value is -1.68. The van der Waals surface area contributed by atoms with Gasteiger partial charge in [-0.1, -0.05) is 6.07 Å². The van der Waals surface area contributed by atoms with Gasteiger partial charge in [-0.25, -0.2) is 4.98 Å². The fraction of sp³-hybridized carbons (Fsp3) is 0. The first-order chi connectivity index (χ1) is 7.83. The van der Waals surface area contributed by atoms with Crippen LogP contribution in [0.4, 0.5) is 0 Å². The number of imidazole rings is 1. The van der Waals surface area contributed by atoms with Crippen molar-refractivity contribution in [2.24, 2.45) is 0 Å². The molecule has 0 fully saturated rings. The molecule has 0 N–H and O–H groups in total. The number of pyridine rings is 1. The smallest absolute Gasteiger partial charge is 0.124 e. The van der Waals surface area contributed by atoms with Crippen molar-refractivity contribution in [3.63, 3.8) is 0 Å². The molecule has 1 aromatic carbocycles. The number of halogens is 1. The van der Waals surface area contributed by atoms with Crippen LogP contribution in [0.2, 0.25) is 0 Å². The molecular weight excluding hydrogens is 266 g/mol. The summed E-state index contributed by atoms with van der Waals surface area (Å²) in [5, 5.41) is 2.32. The molecule has 0 bridgehead atoms. The lowest BCUT2D eigenvalue weighted by atomic mass is 10.1. The lowest BCUT2D eigenvalue weighted by Gasteiger charge is -2.03. The monoisotopic (exact) mass is 273 g/mol. The van der Waals surface area contributed by atoms with E-state index in [2.05, 4.69) is 44.1 Å². The molecule has 4 heteroatoms. The van der Waals surface area contributed by atoms with Gasteiger partial charge in [-0.3, -0.25) is 4.98 Å². The van der Waals surface area contributed by atoms with Gasteiger partial charge >= 0.3 is 0 Å².